The minimum absolute atomic E-state index is 0.301. The summed E-state index contributed by atoms with van der Waals surface area (Å²) < 4.78 is 5.32. The molecule has 0 bridgehead atoms. The molecule has 0 fully saturated rings. The van der Waals surface area contributed by atoms with Crippen molar-refractivity contribution in [3.8, 4) is 0 Å². The Morgan fingerprint density at radius 2 is 2.05 bits per heavy atom. The van der Waals surface area contributed by atoms with Crippen LogP contribution in [0.2, 0.25) is 0 Å². The molecule has 1 aromatic rings. The summed E-state index contributed by atoms with van der Waals surface area (Å²) in [6.07, 6.45) is 8.91. The van der Waals surface area contributed by atoms with Gasteiger partial charge in [-0.25, -0.2) is 0 Å². The maximum atomic E-state index is 5.32. The van der Waals surface area contributed by atoms with Crippen LogP contribution >= 0.6 is 0 Å². The van der Waals surface area contributed by atoms with Crippen molar-refractivity contribution in [2.45, 2.75) is 38.1 Å². The highest BCUT2D eigenvalue weighted by molar-refractivity contribution is 5.19. The molecule has 1 N–H and O–H groups in total. The van der Waals surface area contributed by atoms with Gasteiger partial charge in [-0.2, -0.15) is 0 Å². The molecule has 2 heteroatoms. The molecule has 2 rings (SSSR count). The Bertz CT molecular complexity index is 386. The summed E-state index contributed by atoms with van der Waals surface area (Å²) in [5.41, 5.74) is 2.94. The molecule has 0 spiro atoms. The monoisotopic (exact) mass is 259 g/mol. The molecule has 1 aliphatic rings. The van der Waals surface area contributed by atoms with Crippen molar-refractivity contribution in [1.82, 2.24) is 5.32 Å². The standard InChI is InChI=1S/C17H25NO/c1-19-14-17(16-10-6-3-7-11-16)18-13-12-15-8-4-2-5-9-15/h3,6-8,10-11,17-18H,2,4-5,9,12-14H2,1H3. The van der Waals surface area contributed by atoms with Gasteiger partial charge in [-0.1, -0.05) is 42.0 Å². The lowest BCUT2D eigenvalue weighted by molar-refractivity contribution is 0.167. The Kier molecular flexibility index (Phi) is 6.12. The van der Waals surface area contributed by atoms with E-state index in [1.165, 1.54) is 37.7 Å². The summed E-state index contributed by atoms with van der Waals surface area (Å²) in [7, 11) is 1.77. The largest absolute Gasteiger partial charge is 0.383 e. The minimum Gasteiger partial charge on any atom is -0.383 e. The highest BCUT2D eigenvalue weighted by atomic mass is 16.5. The van der Waals surface area contributed by atoms with E-state index >= 15 is 0 Å². The van der Waals surface area contributed by atoms with Gasteiger partial charge < -0.3 is 10.1 Å². The smallest absolute Gasteiger partial charge is 0.0657 e. The predicted octanol–water partition coefficient (Wildman–Crippen LogP) is 3.85. The normalized spacial score (nSPS) is 17.0. The zero-order valence-corrected chi connectivity index (χ0v) is 11.9. The van der Waals surface area contributed by atoms with Crippen LogP contribution in [0.1, 0.15) is 43.7 Å². The lowest BCUT2D eigenvalue weighted by atomic mass is 9.97. The van der Waals surface area contributed by atoms with Crippen LogP contribution in [0, 0.1) is 0 Å². The number of allylic oxidation sites excluding steroid dienone is 1. The van der Waals surface area contributed by atoms with Crippen molar-refractivity contribution in [2.24, 2.45) is 0 Å². The second-order valence-electron chi connectivity index (χ2n) is 5.23. The quantitative estimate of drug-likeness (QED) is 0.751. The van der Waals surface area contributed by atoms with Gasteiger partial charge in [0.25, 0.3) is 0 Å². The molecule has 2 nitrogen and oxygen atoms in total. The summed E-state index contributed by atoms with van der Waals surface area (Å²) in [6, 6.07) is 10.9. The number of ether oxygens (including phenoxy) is 1. The fourth-order valence-corrected chi connectivity index (χ4v) is 2.66. The molecule has 0 saturated heterocycles. The Morgan fingerprint density at radius 3 is 2.74 bits per heavy atom. The first-order valence-corrected chi connectivity index (χ1v) is 7.35. The first kappa shape index (κ1) is 14.3. The van der Waals surface area contributed by atoms with Crippen molar-refractivity contribution in [1.29, 1.82) is 0 Å². The van der Waals surface area contributed by atoms with Crippen LogP contribution in [0.25, 0.3) is 0 Å². The van der Waals surface area contributed by atoms with Crippen molar-refractivity contribution < 1.29 is 4.74 Å². The Hall–Kier alpha value is -1.12. The number of benzene rings is 1. The molecular weight excluding hydrogens is 234 g/mol. The zero-order chi connectivity index (χ0) is 13.3. The van der Waals surface area contributed by atoms with E-state index in [9.17, 15) is 0 Å². The molecule has 19 heavy (non-hydrogen) atoms. The maximum absolute atomic E-state index is 5.32. The lowest BCUT2D eigenvalue weighted by Gasteiger charge is -2.19. The zero-order valence-electron chi connectivity index (χ0n) is 11.9. The Balaban J connectivity index is 1.82. The fourth-order valence-electron chi connectivity index (χ4n) is 2.66. The summed E-state index contributed by atoms with van der Waals surface area (Å²) >= 11 is 0. The van der Waals surface area contributed by atoms with Crippen LogP contribution in [-0.4, -0.2) is 20.3 Å². The number of nitrogens with one attached hydrogen (secondary N) is 1. The molecule has 0 aromatic heterocycles. The fraction of sp³-hybridized carbons (Fsp3) is 0.529. The van der Waals surface area contributed by atoms with E-state index in [1.807, 2.05) is 0 Å². The van der Waals surface area contributed by atoms with E-state index in [-0.39, 0.29) is 0 Å². The predicted molar refractivity (Wildman–Crippen MR) is 80.2 cm³/mol. The second kappa shape index (κ2) is 8.13. The van der Waals surface area contributed by atoms with Gasteiger partial charge in [0.2, 0.25) is 0 Å². The van der Waals surface area contributed by atoms with Crippen LogP contribution in [0.4, 0.5) is 0 Å². The van der Waals surface area contributed by atoms with Crippen LogP contribution in [-0.2, 0) is 4.74 Å². The van der Waals surface area contributed by atoms with E-state index in [2.05, 4.69) is 41.7 Å². The van der Waals surface area contributed by atoms with Gasteiger partial charge in [0.15, 0.2) is 0 Å². The molecule has 1 aliphatic carbocycles. The molecule has 104 valence electrons. The van der Waals surface area contributed by atoms with Crippen molar-refractivity contribution in [2.75, 3.05) is 20.3 Å². The third-order valence-electron chi connectivity index (χ3n) is 3.76. The second-order valence-corrected chi connectivity index (χ2v) is 5.23. The average Bonchev–Trinajstić information content (AvgIpc) is 2.48. The maximum Gasteiger partial charge on any atom is 0.0657 e. The SMILES string of the molecule is COCC(NCCC1=CCCCC1)c1ccccc1. The van der Waals surface area contributed by atoms with Crippen LogP contribution in [0.15, 0.2) is 42.0 Å². The van der Waals surface area contributed by atoms with E-state index in [0.29, 0.717) is 6.04 Å². The molecule has 0 radical (unpaired) electrons. The number of hydrogen-bond donors (Lipinski definition) is 1. The topological polar surface area (TPSA) is 21.3 Å². The summed E-state index contributed by atoms with van der Waals surface area (Å²) in [4.78, 5) is 0. The molecule has 1 aromatic carbocycles. The van der Waals surface area contributed by atoms with Gasteiger partial charge in [-0.3, -0.25) is 0 Å². The summed E-state index contributed by atoms with van der Waals surface area (Å²) in [6.45, 7) is 1.76. The number of methoxy groups -OCH3 is 1. The van der Waals surface area contributed by atoms with Crippen molar-refractivity contribution >= 4 is 0 Å². The minimum atomic E-state index is 0.301. The van der Waals surface area contributed by atoms with E-state index < -0.39 is 0 Å². The van der Waals surface area contributed by atoms with Gasteiger partial charge in [0.1, 0.15) is 0 Å². The van der Waals surface area contributed by atoms with Crippen LogP contribution in [0.5, 0.6) is 0 Å². The van der Waals surface area contributed by atoms with Gasteiger partial charge in [-0.05, 0) is 44.2 Å². The average molecular weight is 259 g/mol. The molecule has 0 aliphatic heterocycles. The Morgan fingerprint density at radius 1 is 1.21 bits per heavy atom. The van der Waals surface area contributed by atoms with E-state index in [0.717, 1.165) is 13.2 Å². The highest BCUT2D eigenvalue weighted by Gasteiger charge is 2.10. The molecule has 0 saturated carbocycles. The molecule has 0 amide bonds. The first-order valence-electron chi connectivity index (χ1n) is 7.35. The van der Waals surface area contributed by atoms with Gasteiger partial charge in [-0.15, -0.1) is 0 Å². The third-order valence-corrected chi connectivity index (χ3v) is 3.76. The van der Waals surface area contributed by atoms with E-state index in [1.54, 1.807) is 12.7 Å². The molecular formula is C17H25NO. The van der Waals surface area contributed by atoms with Crippen LogP contribution < -0.4 is 5.32 Å². The summed E-state index contributed by atoms with van der Waals surface area (Å²) in [5, 5.41) is 3.62. The van der Waals surface area contributed by atoms with Gasteiger partial charge in [0.05, 0.1) is 12.6 Å². The van der Waals surface area contributed by atoms with Gasteiger partial charge in [0, 0.05) is 7.11 Å². The van der Waals surface area contributed by atoms with E-state index in [4.69, 9.17) is 4.74 Å². The van der Waals surface area contributed by atoms with Crippen LogP contribution in [0.3, 0.4) is 0 Å². The lowest BCUT2D eigenvalue weighted by Crippen LogP contribution is -2.26. The highest BCUT2D eigenvalue weighted by Crippen LogP contribution is 2.20. The molecule has 0 heterocycles. The first-order chi connectivity index (χ1) is 9.40. The summed E-state index contributed by atoms with van der Waals surface area (Å²) in [5.74, 6) is 0. The third kappa shape index (κ3) is 4.81. The molecule has 1 atom stereocenters. The number of hydrogen-bond acceptors (Lipinski definition) is 2. The molecule has 1 unspecified atom stereocenters. The van der Waals surface area contributed by atoms with Crippen molar-refractivity contribution in [3.05, 3.63) is 47.5 Å². The Labute approximate surface area is 116 Å². The van der Waals surface area contributed by atoms with Crippen molar-refractivity contribution in [3.63, 3.8) is 0 Å². The number of rotatable bonds is 7. The van der Waals surface area contributed by atoms with Gasteiger partial charge >= 0.3 is 0 Å².